The molecule has 3 aliphatic carbocycles. The van der Waals surface area contributed by atoms with Crippen LogP contribution in [0.5, 0.6) is 0 Å². The Hall–Kier alpha value is -8.70. The van der Waals surface area contributed by atoms with Crippen molar-refractivity contribution in [3.8, 4) is 0 Å². The number of esters is 2. The number of anilines is 3. The van der Waals surface area contributed by atoms with E-state index in [0.717, 1.165) is 122 Å². The first-order valence-electron chi connectivity index (χ1n) is 39.7. The highest BCUT2D eigenvalue weighted by molar-refractivity contribution is 5.89. The van der Waals surface area contributed by atoms with Gasteiger partial charge in [0.2, 0.25) is 18.0 Å². The van der Waals surface area contributed by atoms with Gasteiger partial charge in [0, 0.05) is 85.5 Å². The molecule has 31 nitrogen and oxygen atoms in total. The zero-order valence-electron chi connectivity index (χ0n) is 68.1. The molecule has 0 saturated heterocycles. The summed E-state index contributed by atoms with van der Waals surface area (Å²) < 4.78 is 31.2. The number of unbranched alkanes of at least 4 members (excludes halogenated alkanes) is 12. The second-order valence-electron chi connectivity index (χ2n) is 33.8. The van der Waals surface area contributed by atoms with Gasteiger partial charge >= 0.3 is 42.3 Å². The Bertz CT molecular complexity index is 3470. The fraction of sp³-hybridized carbons (Fsp3) is 0.738. The van der Waals surface area contributed by atoms with Crippen LogP contribution in [0.25, 0.3) is 0 Å². The highest BCUT2D eigenvalue weighted by Crippen LogP contribution is 2.50. The summed E-state index contributed by atoms with van der Waals surface area (Å²) in [6, 6.07) is 4.02. The summed E-state index contributed by atoms with van der Waals surface area (Å²) in [5.74, 6) is 0.0811. The molecule has 3 aromatic heterocycles. The van der Waals surface area contributed by atoms with E-state index in [-0.39, 0.29) is 123 Å². The number of aryl methyl sites for hydroxylation is 3. The number of aromatic amines is 3. The third-order valence-electron chi connectivity index (χ3n) is 19.7. The lowest BCUT2D eigenvalue weighted by Gasteiger charge is -2.47. The molecule has 3 saturated carbocycles. The molecule has 0 radical (unpaired) electrons. The molecule has 6 rings (SSSR count). The van der Waals surface area contributed by atoms with Crippen LogP contribution in [0.4, 0.5) is 41.7 Å². The van der Waals surface area contributed by atoms with Gasteiger partial charge in [-0.15, -0.1) is 0 Å². The number of amides is 6. The molecule has 6 unspecified atom stereocenters. The quantitative estimate of drug-likeness (QED) is 0.00828. The van der Waals surface area contributed by atoms with Crippen LogP contribution in [0.1, 0.15) is 266 Å². The lowest BCUT2D eigenvalue weighted by molar-refractivity contribution is -0.145. The van der Waals surface area contributed by atoms with Crippen molar-refractivity contribution in [2.45, 2.75) is 287 Å². The Balaban J connectivity index is 0.000000487. The van der Waals surface area contributed by atoms with Gasteiger partial charge in [-0.05, 0) is 214 Å². The average molecular weight is 1560 g/mol. The molecule has 0 aliphatic heterocycles. The predicted octanol–water partition coefficient (Wildman–Crippen LogP) is 13.5. The van der Waals surface area contributed by atoms with Gasteiger partial charge < -0.3 is 59.6 Å². The molecule has 3 aliphatic rings. The number of carbonyl (C=O) groups excluding carboxylic acids is 8. The van der Waals surface area contributed by atoms with Crippen molar-refractivity contribution in [3.63, 3.8) is 0 Å². The van der Waals surface area contributed by atoms with E-state index < -0.39 is 24.4 Å². The number of hydrogen-bond donors (Lipinski definition) is 11. The summed E-state index contributed by atoms with van der Waals surface area (Å²) in [6.45, 7) is 27.2. The van der Waals surface area contributed by atoms with Gasteiger partial charge in [0.15, 0.2) is 5.43 Å². The first kappa shape index (κ1) is 94.7. The number of ether oxygens (including phenoxy) is 6. The van der Waals surface area contributed by atoms with Crippen LogP contribution in [-0.4, -0.2) is 161 Å². The van der Waals surface area contributed by atoms with E-state index in [1.165, 1.54) is 24.3 Å². The molecule has 3 aromatic rings. The number of rotatable bonds is 40. The maximum absolute atomic E-state index is 12.8. The van der Waals surface area contributed by atoms with Crippen molar-refractivity contribution in [2.75, 3.05) is 75.4 Å². The van der Waals surface area contributed by atoms with Crippen LogP contribution >= 0.6 is 0 Å². The zero-order valence-corrected chi connectivity index (χ0v) is 68.1. The van der Waals surface area contributed by atoms with Crippen molar-refractivity contribution in [1.82, 2.24) is 40.9 Å². The molecule has 31 heteroatoms. The SMILES string of the molecule is Cc1cc(=O)[nH]c(NC(=O)NC2CC(C)(C)CC(C)(CCC(=O)OCCCCCCOC(=O)OCCCCCCOC(=O)CCC3(C)CC(NC(=O)Nc4cc(=O)cc(C)[nH]4)CC(C)(C)C3)C2)n1.Cc1cc(=O)[nH]c(NC(=O)NC2CC(C)(C)CC(C)(CN=C=O)C2)n1.O=C(OCCCCCCO)OCCCCCCO. The summed E-state index contributed by atoms with van der Waals surface area (Å²) in [5.41, 5.74) is 0.265. The van der Waals surface area contributed by atoms with E-state index in [1.54, 1.807) is 26.9 Å². The van der Waals surface area contributed by atoms with Crippen molar-refractivity contribution >= 4 is 66.1 Å². The molecule has 6 amide bonds. The molecule has 11 N–H and O–H groups in total. The lowest BCUT2D eigenvalue weighted by Crippen LogP contribution is -2.49. The number of nitrogens with zero attached hydrogens (tertiary/aromatic N) is 3. The second kappa shape index (κ2) is 48.3. The normalized spacial score (nSPS) is 20.6. The summed E-state index contributed by atoms with van der Waals surface area (Å²) >= 11 is 0. The maximum atomic E-state index is 12.8. The van der Waals surface area contributed by atoms with Gasteiger partial charge in [0.05, 0.1) is 46.2 Å². The predicted molar refractivity (Wildman–Crippen MR) is 422 cm³/mol. The van der Waals surface area contributed by atoms with Crippen molar-refractivity contribution in [3.05, 3.63) is 72.3 Å². The minimum absolute atomic E-state index is 0.0131. The molecule has 0 bridgehead atoms. The number of aliphatic hydroxyl groups excluding tert-OH is 2. The number of pyridine rings is 1. The van der Waals surface area contributed by atoms with Crippen LogP contribution < -0.4 is 48.4 Å². The number of aliphatic hydroxyl groups is 2. The zero-order chi connectivity index (χ0) is 82.1. The lowest BCUT2D eigenvalue weighted by atomic mass is 9.61. The third-order valence-corrected chi connectivity index (χ3v) is 19.7. The van der Waals surface area contributed by atoms with Gasteiger partial charge in [-0.1, -0.05) is 75.2 Å². The molecule has 111 heavy (non-hydrogen) atoms. The number of isocyanates is 1. The summed E-state index contributed by atoms with van der Waals surface area (Å²) in [7, 11) is 0. The molecule has 3 heterocycles. The minimum atomic E-state index is -0.689. The van der Waals surface area contributed by atoms with Crippen LogP contribution in [0.2, 0.25) is 0 Å². The van der Waals surface area contributed by atoms with E-state index in [0.29, 0.717) is 120 Å². The number of aliphatic imine (C=N–C) groups is 1. The Morgan fingerprint density at radius 3 is 1.13 bits per heavy atom. The van der Waals surface area contributed by atoms with Crippen LogP contribution in [0.3, 0.4) is 0 Å². The van der Waals surface area contributed by atoms with E-state index >= 15 is 0 Å². The average Bonchev–Trinajstić information content (AvgIpc) is 0.807. The second-order valence-corrected chi connectivity index (χ2v) is 33.8. The first-order chi connectivity index (χ1) is 52.4. The Morgan fingerprint density at radius 2 is 0.784 bits per heavy atom. The van der Waals surface area contributed by atoms with Gasteiger partial charge in [-0.2, -0.15) is 0 Å². The van der Waals surface area contributed by atoms with E-state index in [9.17, 15) is 52.7 Å². The topological polar surface area (TPSA) is 441 Å². The molecular weight excluding hydrogens is 1430 g/mol. The highest BCUT2D eigenvalue weighted by Gasteiger charge is 2.45. The smallest absolute Gasteiger partial charge is 0.466 e. The fourth-order valence-corrected chi connectivity index (χ4v) is 16.2. The minimum Gasteiger partial charge on any atom is -0.466 e. The molecule has 0 aromatic carbocycles. The molecule has 624 valence electrons. The molecular formula is C80H130N12O19. The van der Waals surface area contributed by atoms with Crippen molar-refractivity contribution < 1.29 is 77.0 Å². The van der Waals surface area contributed by atoms with E-state index in [1.807, 2.05) is 0 Å². The fourth-order valence-electron chi connectivity index (χ4n) is 16.2. The summed E-state index contributed by atoms with van der Waals surface area (Å²) in [4.78, 5) is 152. The Labute approximate surface area is 653 Å². The number of hydrogen-bond acceptors (Lipinski definition) is 22. The van der Waals surface area contributed by atoms with Crippen LogP contribution in [-0.2, 0) is 42.8 Å². The summed E-state index contributed by atoms with van der Waals surface area (Å²) in [5, 5.41) is 34.1. The van der Waals surface area contributed by atoms with E-state index in [4.69, 9.17) is 38.6 Å². The number of aromatic nitrogens is 5. The largest absolute Gasteiger partial charge is 0.508 e. The van der Waals surface area contributed by atoms with Crippen LogP contribution in [0, 0.1) is 53.3 Å². The van der Waals surface area contributed by atoms with Crippen LogP contribution in [0.15, 0.2) is 43.6 Å². The standard InChI is InChI=1S/C50H79N7O11.C17H25N5O3.C13H26O5/c1-34-25-38(58)27-39(51-34)55-44(62)53-36-28-47(3,4)32-49(7,30-36)19-17-41(60)65-21-13-9-11-15-23-67-46(64)68-24-16-12-10-14-22-66-42(61)18-20-50(8)31-37(29-48(5,6)33-50)54-45(63)57-43-52-35(2)26-40(59)56-43;1-11-5-13(24)21-14(19-11)22-15(25)20-12-6-16(2,3)8-17(4,7-12)9-18-10-23;14-9-5-1-3-7-11-17-13(16)18-12-8-4-2-6-10-15/h25-27,36-37H,9-24,28-33H2,1-8H3,(H3,51,53,55,58,62)(H3,52,54,56,57,59,63);5,12H,6-9H2,1-4H3,(H3,19,20,21,22,24,25);14-15H,1-12H2. The number of carbonyl (C=O) groups is 7. The van der Waals surface area contributed by atoms with Gasteiger partial charge in [0.25, 0.3) is 11.1 Å². The number of urea groups is 3. The van der Waals surface area contributed by atoms with Gasteiger partial charge in [-0.25, -0.2) is 43.7 Å². The van der Waals surface area contributed by atoms with Crippen molar-refractivity contribution in [2.24, 2.45) is 37.5 Å². The first-order valence-corrected chi connectivity index (χ1v) is 39.7. The molecule has 6 atom stereocenters. The summed E-state index contributed by atoms with van der Waals surface area (Å²) in [6.07, 6.45) is 22.6. The Kier molecular flexibility index (Phi) is 41.2. The maximum Gasteiger partial charge on any atom is 0.508 e. The molecule has 0 spiro atoms. The van der Waals surface area contributed by atoms with Gasteiger partial charge in [0.1, 0.15) is 5.82 Å². The molecule has 3 fully saturated rings. The van der Waals surface area contributed by atoms with Gasteiger partial charge in [-0.3, -0.25) is 49.9 Å². The van der Waals surface area contributed by atoms with Crippen molar-refractivity contribution in [1.29, 1.82) is 0 Å². The Morgan fingerprint density at radius 1 is 0.450 bits per heavy atom. The number of H-pyrrole nitrogens is 3. The number of nitrogens with one attached hydrogen (secondary N) is 9. The third kappa shape index (κ3) is 42.0. The monoisotopic (exact) mass is 1560 g/mol. The van der Waals surface area contributed by atoms with E-state index in [2.05, 4.69) is 124 Å². The highest BCUT2D eigenvalue weighted by atomic mass is 16.7.